The number of amides is 1. The number of anilines is 2. The van der Waals surface area contributed by atoms with Crippen LogP contribution in [0.5, 0.6) is 0 Å². The third-order valence-electron chi connectivity index (χ3n) is 16.4. The van der Waals surface area contributed by atoms with Crippen LogP contribution in [-0.4, -0.2) is 85.8 Å². The summed E-state index contributed by atoms with van der Waals surface area (Å²) in [5.74, 6) is -5.20. The van der Waals surface area contributed by atoms with Crippen LogP contribution >= 0.6 is 12.0 Å². The number of rotatable bonds is 20. The van der Waals surface area contributed by atoms with Gasteiger partial charge in [0.25, 0.3) is 0 Å². The summed E-state index contributed by atoms with van der Waals surface area (Å²) in [5.41, 5.74) is 29.6. The molecule has 0 aliphatic carbocycles. The Bertz CT molecular complexity index is 5220. The minimum absolute atomic E-state index is 0.0872. The van der Waals surface area contributed by atoms with Crippen LogP contribution in [0, 0.1) is 0 Å². The van der Waals surface area contributed by atoms with Crippen LogP contribution in [0.1, 0.15) is 83.2 Å². The fourth-order valence-electron chi connectivity index (χ4n) is 11.8. The van der Waals surface area contributed by atoms with Gasteiger partial charge < -0.3 is 39.4 Å². The lowest BCUT2D eigenvalue weighted by Gasteiger charge is -2.28. The quantitative estimate of drug-likeness (QED) is 0.00934. The van der Waals surface area contributed by atoms with Gasteiger partial charge in [-0.25, -0.2) is 31.7 Å². The number of allylic oxidation sites excluding steroid dienone is 10. The minimum Gasteiger partial charge on any atom is -0.744 e. The monoisotopic (exact) mass is 1360 g/mol. The van der Waals surface area contributed by atoms with E-state index in [0.717, 1.165) is 12.1 Å². The molecule has 490 valence electrons. The van der Waals surface area contributed by atoms with Crippen molar-refractivity contribution >= 4 is 90.3 Å². The highest BCUT2D eigenvalue weighted by atomic mass is 32.2. The van der Waals surface area contributed by atoms with Crippen molar-refractivity contribution in [1.29, 1.82) is 0 Å². The molecule has 0 bridgehead atoms. The zero-order chi connectivity index (χ0) is 71.3. The maximum absolute atomic E-state index is 15.0. The van der Waals surface area contributed by atoms with Gasteiger partial charge in [0.15, 0.2) is 17.1 Å². The van der Waals surface area contributed by atoms with Crippen LogP contribution in [0.2, 0.25) is 0 Å². The Hall–Kier alpha value is -11.2. The standard InChI is InChI=1S/C73H59N5O16S3/c1-13-17-25-58(75-55-38-34-47(95-94-93-86)42-51(55)71(7,8)62(75)29-22-21-23-30-63-72(9,10)52-43-48(96(87,88)89)35-39-56(52)77(63)60(68(82)83)27-19-15-3)66(79)74-45-46-33-37-54-50(41-46)70(5,6)64(76(54)59(67(80)81)26-18-14-2)31-24-32-65-73(11,12)53-44-49(97(90,91)92)36-40-57(53)78(65)61(69(84)85)28-20-16-4/h21-24,29-44H,1-4,45H2,5-12H3,(H5-2,74,79,80,81,82,83,84,85,86,87,88,89,90,91,92)/p-1. The normalized spacial score (nSPS) is 16.4. The SMILES string of the molecule is C=C=C=C=C(C(=O)[O-])N1/C(=C/C=C/C=C/C2=[N+](C(=C=C=C=C)C(=O)NCc3ccc4c(c3)C(C)(C)/C(=C\C=C\C3=[N+](C(=C=C=C=C)C(=O)O)c5ccc(S(=O)(=O)[O-])cc5C3(C)C)N4C(=C=C=C=C)C(=O)O)c3ccc(SOOO)cc3C2(C)C)C(C)(C)c2cc(S(=O)(=O)[O-])ccc21. The van der Waals surface area contributed by atoms with E-state index in [2.05, 4.69) is 105 Å². The maximum atomic E-state index is 15.0. The van der Waals surface area contributed by atoms with E-state index in [9.17, 15) is 55.6 Å². The molecule has 24 heteroatoms. The van der Waals surface area contributed by atoms with Gasteiger partial charge in [0.2, 0.25) is 11.4 Å². The predicted octanol–water partition coefficient (Wildman–Crippen LogP) is 9.86. The highest BCUT2D eigenvalue weighted by molar-refractivity contribution is 7.94. The molecular weight excluding hydrogens is 1300 g/mol. The molecule has 21 nitrogen and oxygen atoms in total. The van der Waals surface area contributed by atoms with E-state index < -0.39 is 92.6 Å². The average Bonchev–Trinajstić information content (AvgIpc) is 1.61. The van der Waals surface area contributed by atoms with Gasteiger partial charge in [0.05, 0.1) is 50.0 Å². The van der Waals surface area contributed by atoms with E-state index in [4.69, 9.17) is 9.59 Å². The van der Waals surface area contributed by atoms with Gasteiger partial charge in [-0.3, -0.25) is 9.69 Å². The molecule has 4 aromatic rings. The molecule has 4 aliphatic heterocycles. The molecule has 0 saturated carbocycles. The number of carboxylic acids is 3. The highest BCUT2D eigenvalue weighted by Crippen LogP contribution is 2.52. The Morgan fingerprint density at radius 3 is 1.58 bits per heavy atom. The van der Waals surface area contributed by atoms with Gasteiger partial charge in [-0.2, -0.15) is 0 Å². The molecule has 1 amide bonds. The summed E-state index contributed by atoms with van der Waals surface area (Å²) in [4.78, 5) is 56.0. The van der Waals surface area contributed by atoms with Crippen LogP contribution in [0.15, 0.2) is 265 Å². The van der Waals surface area contributed by atoms with E-state index in [1.54, 1.807) is 117 Å². The van der Waals surface area contributed by atoms with Crippen molar-refractivity contribution in [3.8, 4) is 0 Å². The molecule has 0 atom stereocenters. The van der Waals surface area contributed by atoms with E-state index in [1.165, 1.54) is 38.6 Å². The first kappa shape index (κ1) is 71.6. The van der Waals surface area contributed by atoms with Gasteiger partial charge in [-0.15, -0.1) is 13.5 Å². The fraction of sp³-hybridized carbons (Fsp3) is 0.178. The Morgan fingerprint density at radius 2 is 1.04 bits per heavy atom. The van der Waals surface area contributed by atoms with E-state index >= 15 is 4.79 Å². The maximum Gasteiger partial charge on any atom is 0.411 e. The number of carbonyl (C=O) groups excluding carboxylic acids is 2. The highest BCUT2D eigenvalue weighted by Gasteiger charge is 2.51. The van der Waals surface area contributed by atoms with Crippen molar-refractivity contribution in [2.24, 2.45) is 0 Å². The number of nitrogens with one attached hydrogen (secondary N) is 1. The number of hydrogen-bond acceptors (Lipinski definition) is 17. The molecule has 4 heterocycles. The van der Waals surface area contributed by atoms with Gasteiger partial charge in [-0.05, 0) is 166 Å². The first-order valence-corrected chi connectivity index (χ1v) is 32.3. The summed E-state index contributed by atoms with van der Waals surface area (Å²) in [6.07, 6.45) is 12.9. The fourth-order valence-corrected chi connectivity index (χ4v) is 13.2. The van der Waals surface area contributed by atoms with E-state index in [1.807, 2.05) is 27.7 Å². The first-order chi connectivity index (χ1) is 45.7. The van der Waals surface area contributed by atoms with Gasteiger partial charge >= 0.3 is 29.2 Å². The van der Waals surface area contributed by atoms with Crippen molar-refractivity contribution < 1.29 is 84.2 Å². The van der Waals surface area contributed by atoms with Gasteiger partial charge in [0, 0.05) is 80.5 Å². The zero-order valence-corrected chi connectivity index (χ0v) is 55.7. The summed E-state index contributed by atoms with van der Waals surface area (Å²) < 4.78 is 81.0. The molecule has 4 aromatic carbocycles. The van der Waals surface area contributed by atoms with Crippen LogP contribution in [0.3, 0.4) is 0 Å². The summed E-state index contributed by atoms with van der Waals surface area (Å²) in [5, 5.41) is 49.8. The molecule has 0 fully saturated rings. The lowest BCUT2D eigenvalue weighted by molar-refractivity contribution is -0.432. The van der Waals surface area contributed by atoms with Gasteiger partial charge in [0.1, 0.15) is 25.9 Å². The van der Waals surface area contributed by atoms with Crippen LogP contribution in [0.25, 0.3) is 0 Å². The van der Waals surface area contributed by atoms with Crippen LogP contribution in [0.4, 0.5) is 22.7 Å². The molecule has 0 unspecified atom stereocenters. The second kappa shape index (κ2) is 28.0. The lowest BCUT2D eigenvalue weighted by Crippen LogP contribution is -2.35. The molecule has 97 heavy (non-hydrogen) atoms. The summed E-state index contributed by atoms with van der Waals surface area (Å²) in [7, 11) is -9.88. The summed E-state index contributed by atoms with van der Waals surface area (Å²) in [6.45, 7) is 28.2. The topological polar surface area (TPSA) is 309 Å². The number of benzene rings is 4. The minimum atomic E-state index is -4.95. The number of hydrogen-bond donors (Lipinski definition) is 4. The molecular formula is C73H58N5O16S3-. The Balaban J connectivity index is 1.21. The third kappa shape index (κ3) is 14.0. The zero-order valence-electron chi connectivity index (χ0n) is 53.2. The molecule has 4 aliphatic rings. The smallest absolute Gasteiger partial charge is 0.411 e. The summed E-state index contributed by atoms with van der Waals surface area (Å²) in [6, 6.07) is 17.4. The molecule has 4 N–H and O–H groups in total. The predicted molar refractivity (Wildman–Crippen MR) is 354 cm³/mol. The van der Waals surface area contributed by atoms with Crippen molar-refractivity contribution in [2.45, 2.75) is 98.3 Å². The number of carbonyl (C=O) groups is 4. The molecule has 0 radical (unpaired) electrons. The molecule has 8 rings (SSSR count). The second-order valence-electron chi connectivity index (χ2n) is 23.5. The third-order valence-corrected chi connectivity index (χ3v) is 18.6. The molecule has 0 spiro atoms. The lowest BCUT2D eigenvalue weighted by atomic mass is 9.81. The Labute approximate surface area is 563 Å². The average molecular weight is 1360 g/mol. The van der Waals surface area contributed by atoms with Crippen LogP contribution in [-0.2, 0) is 77.0 Å². The summed E-state index contributed by atoms with van der Waals surface area (Å²) >= 11 is 0.713. The van der Waals surface area contributed by atoms with E-state index in [-0.39, 0.29) is 34.9 Å². The number of nitrogens with zero attached hydrogens (tertiary/aromatic N) is 4. The van der Waals surface area contributed by atoms with Crippen molar-refractivity contribution in [3.63, 3.8) is 0 Å². The largest absolute Gasteiger partial charge is 0.744 e. The molecule has 0 aromatic heterocycles. The first-order valence-electron chi connectivity index (χ1n) is 28.8. The number of carboxylic acid groups (broad SMARTS) is 3. The van der Waals surface area contributed by atoms with E-state index in [0.29, 0.717) is 67.7 Å². The molecule has 0 saturated heterocycles. The Kier molecular flexibility index (Phi) is 20.7. The van der Waals surface area contributed by atoms with Crippen LogP contribution < -0.4 is 20.2 Å². The van der Waals surface area contributed by atoms with Crippen molar-refractivity contribution in [2.75, 3.05) is 9.80 Å². The Morgan fingerprint density at radius 1 is 0.577 bits per heavy atom. The van der Waals surface area contributed by atoms with Crippen molar-refractivity contribution in [3.05, 3.63) is 278 Å². The number of fused-ring (bicyclic) bond motifs is 4. The number of aliphatic carboxylic acids is 3. The second-order valence-corrected chi connectivity index (χ2v) is 27.1. The van der Waals surface area contributed by atoms with Crippen molar-refractivity contribution in [1.82, 2.24) is 5.32 Å². The van der Waals surface area contributed by atoms with Gasteiger partial charge in [-0.1, -0.05) is 92.1 Å².